The number of nitrogen functional groups attached to an aromatic ring is 1. The van der Waals surface area contributed by atoms with Gasteiger partial charge in [-0.05, 0) is 37.1 Å². The number of hydrogen-bond acceptors (Lipinski definition) is 4. The van der Waals surface area contributed by atoms with Crippen molar-refractivity contribution < 1.29 is 9.53 Å². The van der Waals surface area contributed by atoms with E-state index in [9.17, 15) is 4.79 Å². The highest BCUT2D eigenvalue weighted by atomic mass is 16.5. The molecule has 1 heterocycles. The number of amides is 1. The summed E-state index contributed by atoms with van der Waals surface area (Å²) in [6.45, 7) is 5.44. The molecule has 0 radical (unpaired) electrons. The molecule has 0 atom stereocenters. The zero-order chi connectivity index (χ0) is 14.9. The second-order valence-corrected chi connectivity index (χ2v) is 5.40. The number of nitrogens with zero attached hydrogens (tertiary/aromatic N) is 1. The molecule has 0 aliphatic carbocycles. The predicted molar refractivity (Wildman–Crippen MR) is 84.1 cm³/mol. The lowest BCUT2D eigenvalue weighted by Crippen LogP contribution is -2.38. The normalized spacial score (nSPS) is 15.8. The molecule has 1 amide bonds. The fourth-order valence-corrected chi connectivity index (χ4v) is 2.39. The van der Waals surface area contributed by atoms with Gasteiger partial charge >= 0.3 is 0 Å². The number of aryl methyl sites for hydroxylation is 1. The van der Waals surface area contributed by atoms with Gasteiger partial charge in [-0.15, -0.1) is 0 Å². The molecule has 5 nitrogen and oxygen atoms in total. The average Bonchev–Trinajstić information content (AvgIpc) is 2.52. The summed E-state index contributed by atoms with van der Waals surface area (Å²) in [5.41, 5.74) is 7.54. The summed E-state index contributed by atoms with van der Waals surface area (Å²) in [6, 6.07) is 7.69. The van der Waals surface area contributed by atoms with Crippen LogP contribution in [0.15, 0.2) is 24.3 Å². The van der Waals surface area contributed by atoms with Gasteiger partial charge in [0.2, 0.25) is 5.91 Å². The Morgan fingerprint density at radius 1 is 1.24 bits per heavy atom. The van der Waals surface area contributed by atoms with Crippen LogP contribution in [-0.4, -0.2) is 50.2 Å². The van der Waals surface area contributed by atoms with Crippen molar-refractivity contribution in [3.05, 3.63) is 29.8 Å². The number of benzene rings is 1. The molecule has 1 aromatic carbocycles. The van der Waals surface area contributed by atoms with Gasteiger partial charge in [0.05, 0.1) is 13.2 Å². The van der Waals surface area contributed by atoms with Crippen LogP contribution >= 0.6 is 0 Å². The Morgan fingerprint density at radius 3 is 2.67 bits per heavy atom. The highest BCUT2D eigenvalue weighted by Crippen LogP contribution is 2.07. The van der Waals surface area contributed by atoms with Gasteiger partial charge in [0, 0.05) is 31.7 Å². The Hall–Kier alpha value is -1.59. The van der Waals surface area contributed by atoms with Crippen molar-refractivity contribution in [3.63, 3.8) is 0 Å². The maximum absolute atomic E-state index is 11.8. The van der Waals surface area contributed by atoms with E-state index in [1.54, 1.807) is 0 Å². The molecule has 21 heavy (non-hydrogen) atoms. The van der Waals surface area contributed by atoms with E-state index in [0.717, 1.165) is 63.5 Å². The third-order valence-corrected chi connectivity index (χ3v) is 3.70. The Balaban J connectivity index is 1.54. The van der Waals surface area contributed by atoms with Crippen LogP contribution < -0.4 is 11.1 Å². The maximum atomic E-state index is 11.8. The SMILES string of the molecule is Nc1ccc(CCC(=O)NCCCN2CCOCC2)cc1. The Morgan fingerprint density at radius 2 is 1.95 bits per heavy atom. The van der Waals surface area contributed by atoms with E-state index in [1.165, 1.54) is 0 Å². The van der Waals surface area contributed by atoms with Gasteiger partial charge in [0.25, 0.3) is 0 Å². The summed E-state index contributed by atoms with van der Waals surface area (Å²) in [4.78, 5) is 14.1. The van der Waals surface area contributed by atoms with Crippen molar-refractivity contribution >= 4 is 11.6 Å². The van der Waals surface area contributed by atoms with Crippen molar-refractivity contribution in [2.24, 2.45) is 0 Å². The van der Waals surface area contributed by atoms with E-state index < -0.39 is 0 Å². The van der Waals surface area contributed by atoms with Gasteiger partial charge in [-0.3, -0.25) is 9.69 Å². The van der Waals surface area contributed by atoms with Crippen molar-refractivity contribution in [2.45, 2.75) is 19.3 Å². The Bertz CT molecular complexity index is 428. The first-order valence-corrected chi connectivity index (χ1v) is 7.65. The molecule has 0 bridgehead atoms. The van der Waals surface area contributed by atoms with Crippen molar-refractivity contribution in [1.29, 1.82) is 0 Å². The average molecular weight is 291 g/mol. The molecule has 0 aromatic heterocycles. The maximum Gasteiger partial charge on any atom is 0.220 e. The quantitative estimate of drug-likeness (QED) is 0.582. The van der Waals surface area contributed by atoms with E-state index in [2.05, 4.69) is 10.2 Å². The van der Waals surface area contributed by atoms with E-state index in [-0.39, 0.29) is 5.91 Å². The van der Waals surface area contributed by atoms with Gasteiger partial charge in [-0.2, -0.15) is 0 Å². The standard InChI is InChI=1S/C16H25N3O2/c17-15-5-2-14(3-6-15)4-7-16(20)18-8-1-9-19-10-12-21-13-11-19/h2-3,5-6H,1,4,7-13,17H2,(H,18,20). The first-order valence-electron chi connectivity index (χ1n) is 7.65. The molecule has 0 saturated carbocycles. The topological polar surface area (TPSA) is 67.6 Å². The number of morpholine rings is 1. The summed E-state index contributed by atoms with van der Waals surface area (Å²) in [5.74, 6) is 0.119. The lowest BCUT2D eigenvalue weighted by molar-refractivity contribution is -0.121. The molecular formula is C16H25N3O2. The van der Waals surface area contributed by atoms with Crippen LogP contribution in [0, 0.1) is 0 Å². The highest BCUT2D eigenvalue weighted by molar-refractivity contribution is 5.76. The molecule has 1 fully saturated rings. The van der Waals surface area contributed by atoms with Gasteiger partial charge in [-0.1, -0.05) is 12.1 Å². The lowest BCUT2D eigenvalue weighted by Gasteiger charge is -2.26. The largest absolute Gasteiger partial charge is 0.399 e. The molecule has 2 rings (SSSR count). The Labute approximate surface area is 126 Å². The molecule has 116 valence electrons. The first kappa shape index (κ1) is 15.8. The minimum Gasteiger partial charge on any atom is -0.399 e. The smallest absolute Gasteiger partial charge is 0.220 e. The number of rotatable bonds is 7. The fourth-order valence-electron chi connectivity index (χ4n) is 2.39. The molecule has 0 unspecified atom stereocenters. The van der Waals surface area contributed by atoms with Crippen LogP contribution in [0.25, 0.3) is 0 Å². The second kappa shape index (κ2) is 8.64. The predicted octanol–water partition coefficient (Wildman–Crippen LogP) is 1.04. The van der Waals surface area contributed by atoms with Gasteiger partial charge in [0.15, 0.2) is 0 Å². The third-order valence-electron chi connectivity index (χ3n) is 3.70. The van der Waals surface area contributed by atoms with E-state index >= 15 is 0 Å². The molecule has 5 heteroatoms. The fraction of sp³-hybridized carbons (Fsp3) is 0.562. The second-order valence-electron chi connectivity index (χ2n) is 5.40. The highest BCUT2D eigenvalue weighted by Gasteiger charge is 2.09. The third kappa shape index (κ3) is 6.14. The molecule has 0 spiro atoms. The minimum atomic E-state index is 0.119. The summed E-state index contributed by atoms with van der Waals surface area (Å²) in [7, 11) is 0. The molecular weight excluding hydrogens is 266 g/mol. The zero-order valence-electron chi connectivity index (χ0n) is 12.5. The minimum absolute atomic E-state index is 0.119. The van der Waals surface area contributed by atoms with Crippen molar-refractivity contribution in [2.75, 3.05) is 45.1 Å². The summed E-state index contributed by atoms with van der Waals surface area (Å²) in [5, 5.41) is 2.98. The summed E-state index contributed by atoms with van der Waals surface area (Å²) < 4.78 is 5.31. The molecule has 1 aliphatic heterocycles. The number of carbonyl (C=O) groups excluding carboxylic acids is 1. The van der Waals surface area contributed by atoms with E-state index in [4.69, 9.17) is 10.5 Å². The van der Waals surface area contributed by atoms with Crippen LogP contribution in [-0.2, 0) is 16.0 Å². The van der Waals surface area contributed by atoms with Crippen molar-refractivity contribution in [3.8, 4) is 0 Å². The summed E-state index contributed by atoms with van der Waals surface area (Å²) in [6.07, 6.45) is 2.28. The van der Waals surface area contributed by atoms with Gasteiger partial charge in [0.1, 0.15) is 0 Å². The van der Waals surface area contributed by atoms with Crippen LogP contribution in [0.5, 0.6) is 0 Å². The zero-order valence-corrected chi connectivity index (χ0v) is 12.5. The monoisotopic (exact) mass is 291 g/mol. The van der Waals surface area contributed by atoms with Crippen LogP contribution in [0.3, 0.4) is 0 Å². The number of carbonyl (C=O) groups is 1. The van der Waals surface area contributed by atoms with Crippen LogP contribution in [0.4, 0.5) is 5.69 Å². The van der Waals surface area contributed by atoms with Gasteiger partial charge < -0.3 is 15.8 Å². The van der Waals surface area contributed by atoms with Gasteiger partial charge in [-0.25, -0.2) is 0 Å². The number of ether oxygens (including phenoxy) is 1. The number of hydrogen-bond donors (Lipinski definition) is 2. The Kier molecular flexibility index (Phi) is 6.50. The van der Waals surface area contributed by atoms with E-state index in [1.807, 2.05) is 24.3 Å². The molecule has 1 saturated heterocycles. The number of nitrogens with one attached hydrogen (secondary N) is 1. The number of nitrogens with two attached hydrogens (primary N) is 1. The van der Waals surface area contributed by atoms with Crippen molar-refractivity contribution in [1.82, 2.24) is 10.2 Å². The molecule has 1 aromatic rings. The van der Waals surface area contributed by atoms with Crippen LogP contribution in [0.1, 0.15) is 18.4 Å². The van der Waals surface area contributed by atoms with Crippen LogP contribution in [0.2, 0.25) is 0 Å². The molecule has 3 N–H and O–H groups in total. The summed E-state index contributed by atoms with van der Waals surface area (Å²) >= 11 is 0. The lowest BCUT2D eigenvalue weighted by atomic mass is 10.1. The van der Waals surface area contributed by atoms with E-state index in [0.29, 0.717) is 6.42 Å². The first-order chi connectivity index (χ1) is 10.2. The number of anilines is 1. The molecule has 1 aliphatic rings.